The van der Waals surface area contributed by atoms with Gasteiger partial charge < -0.3 is 10.4 Å². The fourth-order valence-corrected chi connectivity index (χ4v) is 1.29. The predicted octanol–water partition coefficient (Wildman–Crippen LogP) is 3.11. The maximum atomic E-state index is 9.52. The van der Waals surface area contributed by atoms with Gasteiger partial charge in [0.05, 0.1) is 0 Å². The van der Waals surface area contributed by atoms with E-state index in [1.54, 1.807) is 6.92 Å². The van der Waals surface area contributed by atoms with Gasteiger partial charge in [0, 0.05) is 0 Å². The normalized spacial score (nSPS) is 14.4. The number of hydrogen-bond donors (Lipinski definition) is 2. The number of alkyl halides is 6. The summed E-state index contributed by atoms with van der Waals surface area (Å²) in [5.41, 5.74) is 0. The highest BCUT2D eigenvalue weighted by Crippen LogP contribution is 2.36. The van der Waals surface area contributed by atoms with Gasteiger partial charge in [0.2, 0.25) is 13.5 Å². The van der Waals surface area contributed by atoms with Gasteiger partial charge in [0.25, 0.3) is 0 Å². The standard InChI is InChI=1S/C7H6Cl6N4O/c1-2-14-3(6(8,9)10)16-5(15-2)17-4(18)7(11,12)13/h4,18H,1H3,(H,14,15,16,17). The molecule has 2 N–H and O–H groups in total. The second-order valence-electron chi connectivity index (χ2n) is 3.12. The van der Waals surface area contributed by atoms with Gasteiger partial charge in [0.15, 0.2) is 12.1 Å². The van der Waals surface area contributed by atoms with E-state index < -0.39 is 13.8 Å². The average molecular weight is 375 g/mol. The lowest BCUT2D eigenvalue weighted by molar-refractivity contribution is 0.207. The molecule has 1 atom stereocenters. The summed E-state index contributed by atoms with van der Waals surface area (Å²) in [6, 6.07) is 0. The van der Waals surface area contributed by atoms with E-state index in [1.807, 2.05) is 0 Å². The Balaban J connectivity index is 3.01. The Morgan fingerprint density at radius 3 is 2.06 bits per heavy atom. The molecular weight excluding hydrogens is 369 g/mol. The number of aryl methyl sites for hydroxylation is 1. The van der Waals surface area contributed by atoms with Crippen LogP contribution in [0.4, 0.5) is 5.95 Å². The van der Waals surface area contributed by atoms with Gasteiger partial charge in [0.1, 0.15) is 5.82 Å². The number of nitrogens with zero attached hydrogens (tertiary/aromatic N) is 3. The smallest absolute Gasteiger partial charge is 0.250 e. The van der Waals surface area contributed by atoms with E-state index in [2.05, 4.69) is 20.3 Å². The zero-order chi connectivity index (χ0) is 14.1. The molecule has 0 fully saturated rings. The molecule has 0 radical (unpaired) electrons. The third-order valence-electron chi connectivity index (χ3n) is 1.58. The molecule has 1 aromatic heterocycles. The Hall–Kier alpha value is 0.510. The van der Waals surface area contributed by atoms with Crippen molar-refractivity contribution < 1.29 is 5.11 Å². The van der Waals surface area contributed by atoms with Crippen molar-refractivity contribution in [3.63, 3.8) is 0 Å². The molecule has 5 nitrogen and oxygen atoms in total. The molecule has 102 valence electrons. The van der Waals surface area contributed by atoms with Crippen molar-refractivity contribution in [2.75, 3.05) is 5.32 Å². The molecule has 1 rings (SSSR count). The van der Waals surface area contributed by atoms with Gasteiger partial charge >= 0.3 is 0 Å². The molecule has 0 aliphatic carbocycles. The van der Waals surface area contributed by atoms with E-state index in [9.17, 15) is 5.11 Å². The van der Waals surface area contributed by atoms with Crippen molar-refractivity contribution in [3.05, 3.63) is 11.6 Å². The molecule has 0 saturated heterocycles. The molecule has 1 aromatic rings. The lowest BCUT2D eigenvalue weighted by Crippen LogP contribution is -2.34. The van der Waals surface area contributed by atoms with Crippen molar-refractivity contribution >= 4 is 75.6 Å². The van der Waals surface area contributed by atoms with Crippen LogP contribution in [0.15, 0.2) is 0 Å². The Morgan fingerprint density at radius 1 is 1.06 bits per heavy atom. The van der Waals surface area contributed by atoms with Crippen molar-refractivity contribution in [3.8, 4) is 0 Å². The third-order valence-corrected chi connectivity index (χ3v) is 2.70. The van der Waals surface area contributed by atoms with Gasteiger partial charge in [-0.25, -0.2) is 4.98 Å². The molecule has 0 aliphatic rings. The maximum Gasteiger partial charge on any atom is 0.250 e. The predicted molar refractivity (Wildman–Crippen MR) is 73.7 cm³/mol. The number of nitrogens with one attached hydrogen (secondary N) is 1. The molecule has 11 heteroatoms. The number of hydrogen-bond acceptors (Lipinski definition) is 5. The number of aliphatic hydroxyl groups is 1. The van der Waals surface area contributed by atoms with Crippen LogP contribution in [-0.2, 0) is 3.79 Å². The quantitative estimate of drug-likeness (QED) is 0.614. The van der Waals surface area contributed by atoms with Crippen LogP contribution in [0.25, 0.3) is 0 Å². The van der Waals surface area contributed by atoms with Crippen LogP contribution in [0.1, 0.15) is 11.6 Å². The molecular formula is C7H6Cl6N4O. The molecule has 1 unspecified atom stereocenters. The first kappa shape index (κ1) is 16.6. The van der Waals surface area contributed by atoms with Gasteiger partial charge in [-0.15, -0.1) is 0 Å². The lowest BCUT2D eigenvalue weighted by atomic mass is 10.5. The molecule has 0 bridgehead atoms. The minimum absolute atomic E-state index is 0.0809. The molecule has 0 aliphatic heterocycles. The molecule has 0 spiro atoms. The summed E-state index contributed by atoms with van der Waals surface area (Å²) in [6.45, 7) is 1.55. The monoisotopic (exact) mass is 372 g/mol. The van der Waals surface area contributed by atoms with Crippen molar-refractivity contribution in [1.29, 1.82) is 0 Å². The number of halogens is 6. The third kappa shape index (κ3) is 4.89. The minimum Gasteiger partial charge on any atom is -0.369 e. The molecule has 18 heavy (non-hydrogen) atoms. The SMILES string of the molecule is Cc1nc(NC(O)C(Cl)(Cl)Cl)nc(C(Cl)(Cl)Cl)n1. The van der Waals surface area contributed by atoms with Crippen LogP contribution in [0.3, 0.4) is 0 Å². The minimum atomic E-state index is -1.96. The first-order valence-corrected chi connectivity index (χ1v) is 6.58. The summed E-state index contributed by atoms with van der Waals surface area (Å²) in [5.74, 6) is 0.0759. The van der Waals surface area contributed by atoms with E-state index in [4.69, 9.17) is 69.6 Å². The average Bonchev–Trinajstić information content (AvgIpc) is 2.13. The zero-order valence-corrected chi connectivity index (χ0v) is 13.2. The first-order chi connectivity index (χ1) is 8.00. The summed E-state index contributed by atoms with van der Waals surface area (Å²) >= 11 is 33.3. The number of aromatic nitrogens is 3. The maximum absolute atomic E-state index is 9.52. The summed E-state index contributed by atoms with van der Waals surface area (Å²) in [5, 5.41) is 11.9. The van der Waals surface area contributed by atoms with Crippen molar-refractivity contribution in [2.24, 2.45) is 0 Å². The zero-order valence-electron chi connectivity index (χ0n) is 8.63. The second kappa shape index (κ2) is 5.87. The van der Waals surface area contributed by atoms with E-state index in [-0.39, 0.29) is 17.6 Å². The summed E-state index contributed by atoms with van der Waals surface area (Å²) < 4.78 is -3.78. The molecule has 0 saturated carbocycles. The largest absolute Gasteiger partial charge is 0.369 e. The van der Waals surface area contributed by atoms with Crippen molar-refractivity contribution in [1.82, 2.24) is 15.0 Å². The van der Waals surface area contributed by atoms with E-state index in [0.29, 0.717) is 0 Å². The lowest BCUT2D eigenvalue weighted by Gasteiger charge is -2.20. The fourth-order valence-electron chi connectivity index (χ4n) is 0.877. The molecule has 0 aromatic carbocycles. The number of rotatable bonds is 2. The van der Waals surface area contributed by atoms with E-state index in [0.717, 1.165) is 0 Å². The molecule has 1 heterocycles. The van der Waals surface area contributed by atoms with E-state index in [1.165, 1.54) is 0 Å². The van der Waals surface area contributed by atoms with Crippen molar-refractivity contribution in [2.45, 2.75) is 20.7 Å². The Kier molecular flexibility index (Phi) is 5.40. The van der Waals surface area contributed by atoms with Crippen LogP contribution in [0, 0.1) is 6.92 Å². The Labute approximate surface area is 133 Å². The Morgan fingerprint density at radius 2 is 1.61 bits per heavy atom. The topological polar surface area (TPSA) is 70.9 Å². The number of anilines is 1. The van der Waals surface area contributed by atoms with Crippen LogP contribution in [0.2, 0.25) is 0 Å². The van der Waals surface area contributed by atoms with Gasteiger partial charge in [-0.3, -0.25) is 0 Å². The summed E-state index contributed by atoms with van der Waals surface area (Å²) in [7, 11) is 0. The summed E-state index contributed by atoms with van der Waals surface area (Å²) in [6.07, 6.45) is -1.53. The Bertz CT molecular complexity index is 431. The summed E-state index contributed by atoms with van der Waals surface area (Å²) in [4.78, 5) is 11.5. The van der Waals surface area contributed by atoms with Crippen LogP contribution in [-0.4, -0.2) is 30.1 Å². The highest BCUT2D eigenvalue weighted by atomic mass is 35.6. The van der Waals surface area contributed by atoms with Gasteiger partial charge in [-0.05, 0) is 6.92 Å². The highest BCUT2D eigenvalue weighted by molar-refractivity contribution is 6.68. The first-order valence-electron chi connectivity index (χ1n) is 4.31. The molecule has 0 amide bonds. The van der Waals surface area contributed by atoms with Crippen LogP contribution in [0.5, 0.6) is 0 Å². The second-order valence-corrected chi connectivity index (χ2v) is 7.77. The van der Waals surface area contributed by atoms with Gasteiger partial charge in [-0.1, -0.05) is 69.6 Å². The van der Waals surface area contributed by atoms with Crippen LogP contribution < -0.4 is 5.32 Å². The highest BCUT2D eigenvalue weighted by Gasteiger charge is 2.33. The van der Waals surface area contributed by atoms with Gasteiger partial charge in [-0.2, -0.15) is 9.97 Å². The van der Waals surface area contributed by atoms with E-state index >= 15 is 0 Å². The number of aliphatic hydroxyl groups excluding tert-OH is 1. The fraction of sp³-hybridized carbons (Fsp3) is 0.571. The van der Waals surface area contributed by atoms with Crippen LogP contribution >= 0.6 is 69.6 Å².